The summed E-state index contributed by atoms with van der Waals surface area (Å²) in [5.74, 6) is -0.273. The van der Waals surface area contributed by atoms with Gasteiger partial charge in [-0.25, -0.2) is 4.90 Å². The van der Waals surface area contributed by atoms with Gasteiger partial charge in [0.15, 0.2) is 0 Å². The van der Waals surface area contributed by atoms with Gasteiger partial charge in [-0.05, 0) is 29.3 Å². The molecule has 0 aliphatic carbocycles. The first kappa shape index (κ1) is 19.1. The van der Waals surface area contributed by atoms with Crippen molar-refractivity contribution in [2.24, 2.45) is 0 Å². The number of nitrogens with zero attached hydrogens (tertiary/aromatic N) is 2. The van der Waals surface area contributed by atoms with Crippen LogP contribution in [0.15, 0.2) is 85.1 Å². The highest BCUT2D eigenvalue weighted by molar-refractivity contribution is 6.23. The number of imide groups is 1. The SMILES string of the molecule is COc1cccc(N2C(=O)C[C@H](c3cn(Cc4ccccc4)c4ccccc34)C2=O)c1. The lowest BCUT2D eigenvalue weighted by Crippen LogP contribution is -2.30. The van der Waals surface area contributed by atoms with Gasteiger partial charge in [0.1, 0.15) is 5.75 Å². The standard InChI is InChI=1S/C26H22N2O3/c1-31-20-11-7-10-19(14-20)28-25(29)15-22(26(28)30)23-17-27(16-18-8-3-2-4-9-18)24-13-6-5-12-21(23)24/h2-14,17,22H,15-16H2,1H3/t22-/m1/s1. The predicted molar refractivity (Wildman–Crippen MR) is 120 cm³/mol. The van der Waals surface area contributed by atoms with E-state index in [0.717, 1.165) is 16.5 Å². The van der Waals surface area contributed by atoms with E-state index in [1.807, 2.05) is 42.6 Å². The summed E-state index contributed by atoms with van der Waals surface area (Å²) in [4.78, 5) is 27.5. The second-order valence-electron chi connectivity index (χ2n) is 7.74. The van der Waals surface area contributed by atoms with E-state index in [0.29, 0.717) is 18.0 Å². The third-order valence-corrected chi connectivity index (χ3v) is 5.85. The molecule has 0 radical (unpaired) electrons. The first-order valence-electron chi connectivity index (χ1n) is 10.3. The Kier molecular flexibility index (Phi) is 4.79. The van der Waals surface area contributed by atoms with Crippen LogP contribution in [0.1, 0.15) is 23.5 Å². The topological polar surface area (TPSA) is 51.5 Å². The largest absolute Gasteiger partial charge is 0.497 e. The molecule has 5 rings (SSSR count). The molecule has 5 nitrogen and oxygen atoms in total. The van der Waals surface area contributed by atoms with Gasteiger partial charge in [0.25, 0.3) is 0 Å². The van der Waals surface area contributed by atoms with E-state index in [1.54, 1.807) is 31.4 Å². The Morgan fingerprint density at radius 2 is 1.71 bits per heavy atom. The number of para-hydroxylation sites is 1. The van der Waals surface area contributed by atoms with E-state index in [9.17, 15) is 9.59 Å². The Morgan fingerprint density at radius 1 is 0.935 bits per heavy atom. The summed E-state index contributed by atoms with van der Waals surface area (Å²) in [6.07, 6.45) is 2.19. The van der Waals surface area contributed by atoms with Gasteiger partial charge >= 0.3 is 0 Å². The fraction of sp³-hybridized carbons (Fsp3) is 0.154. The molecule has 0 spiro atoms. The van der Waals surface area contributed by atoms with Crippen LogP contribution in [0.5, 0.6) is 5.75 Å². The highest BCUT2D eigenvalue weighted by Crippen LogP contribution is 2.38. The minimum atomic E-state index is -0.499. The van der Waals surface area contributed by atoms with Crippen molar-refractivity contribution in [3.63, 3.8) is 0 Å². The summed E-state index contributed by atoms with van der Waals surface area (Å²) in [6, 6.07) is 25.3. The lowest BCUT2D eigenvalue weighted by atomic mass is 9.97. The summed E-state index contributed by atoms with van der Waals surface area (Å²) in [6.45, 7) is 0.704. The number of anilines is 1. The molecule has 5 heteroatoms. The van der Waals surface area contributed by atoms with Crippen molar-refractivity contribution in [1.82, 2.24) is 4.57 Å². The number of amides is 2. The smallest absolute Gasteiger partial charge is 0.241 e. The third kappa shape index (κ3) is 3.38. The number of hydrogen-bond acceptors (Lipinski definition) is 3. The van der Waals surface area contributed by atoms with Gasteiger partial charge in [-0.3, -0.25) is 9.59 Å². The van der Waals surface area contributed by atoms with Crippen molar-refractivity contribution < 1.29 is 14.3 Å². The van der Waals surface area contributed by atoms with Crippen molar-refractivity contribution in [3.05, 3.63) is 96.2 Å². The van der Waals surface area contributed by atoms with E-state index in [1.165, 1.54) is 10.5 Å². The average Bonchev–Trinajstić information content (AvgIpc) is 3.31. The fourth-order valence-electron chi connectivity index (χ4n) is 4.36. The summed E-state index contributed by atoms with van der Waals surface area (Å²) in [5.41, 5.74) is 3.68. The van der Waals surface area contributed by atoms with Crippen LogP contribution in [0.4, 0.5) is 5.69 Å². The highest BCUT2D eigenvalue weighted by Gasteiger charge is 2.41. The van der Waals surface area contributed by atoms with Crippen LogP contribution in [0.25, 0.3) is 10.9 Å². The molecule has 1 aliphatic rings. The zero-order valence-corrected chi connectivity index (χ0v) is 17.2. The number of carbonyl (C=O) groups excluding carboxylic acids is 2. The molecule has 2 heterocycles. The van der Waals surface area contributed by atoms with Crippen LogP contribution in [0.2, 0.25) is 0 Å². The number of rotatable bonds is 5. The second-order valence-corrected chi connectivity index (χ2v) is 7.74. The van der Waals surface area contributed by atoms with Gasteiger partial charge in [-0.1, -0.05) is 54.6 Å². The van der Waals surface area contributed by atoms with Crippen LogP contribution in [0, 0.1) is 0 Å². The van der Waals surface area contributed by atoms with Crippen molar-refractivity contribution in [2.75, 3.05) is 12.0 Å². The summed E-state index contributed by atoms with van der Waals surface area (Å²) in [5, 5.41) is 1.01. The average molecular weight is 410 g/mol. The zero-order valence-electron chi connectivity index (χ0n) is 17.2. The normalized spacial score (nSPS) is 16.3. The monoisotopic (exact) mass is 410 g/mol. The van der Waals surface area contributed by atoms with Gasteiger partial charge in [0.05, 0.1) is 18.7 Å². The van der Waals surface area contributed by atoms with Crippen LogP contribution in [-0.2, 0) is 16.1 Å². The number of fused-ring (bicyclic) bond motifs is 1. The third-order valence-electron chi connectivity index (χ3n) is 5.85. The maximum Gasteiger partial charge on any atom is 0.241 e. The summed E-state index contributed by atoms with van der Waals surface area (Å²) < 4.78 is 7.42. The van der Waals surface area contributed by atoms with Gasteiger partial charge in [0.2, 0.25) is 11.8 Å². The van der Waals surface area contributed by atoms with Crippen molar-refractivity contribution in [3.8, 4) is 5.75 Å². The Labute approximate surface area is 180 Å². The zero-order chi connectivity index (χ0) is 21.4. The highest BCUT2D eigenvalue weighted by atomic mass is 16.5. The Morgan fingerprint density at radius 3 is 2.52 bits per heavy atom. The molecule has 31 heavy (non-hydrogen) atoms. The predicted octanol–water partition coefficient (Wildman–Crippen LogP) is 4.75. The molecule has 4 aromatic rings. The van der Waals surface area contributed by atoms with Crippen LogP contribution in [-0.4, -0.2) is 23.5 Å². The lowest BCUT2D eigenvalue weighted by Gasteiger charge is -2.15. The summed E-state index contributed by atoms with van der Waals surface area (Å²) >= 11 is 0. The van der Waals surface area contributed by atoms with Crippen LogP contribution >= 0.6 is 0 Å². The number of benzene rings is 3. The van der Waals surface area contributed by atoms with E-state index >= 15 is 0 Å². The Balaban J connectivity index is 1.54. The number of methoxy groups -OCH3 is 1. The quantitative estimate of drug-likeness (QED) is 0.447. The van der Waals surface area contributed by atoms with Gasteiger partial charge < -0.3 is 9.30 Å². The van der Waals surface area contributed by atoms with E-state index in [-0.39, 0.29) is 18.2 Å². The molecule has 1 atom stereocenters. The van der Waals surface area contributed by atoms with Gasteiger partial charge in [-0.2, -0.15) is 0 Å². The Bertz CT molecular complexity index is 1280. The molecule has 1 aromatic heterocycles. The van der Waals surface area contributed by atoms with E-state index in [4.69, 9.17) is 4.74 Å². The minimum Gasteiger partial charge on any atom is -0.497 e. The molecule has 0 saturated carbocycles. The molecule has 0 unspecified atom stereocenters. The molecule has 0 bridgehead atoms. The van der Waals surface area contributed by atoms with E-state index in [2.05, 4.69) is 22.8 Å². The molecule has 1 saturated heterocycles. The summed E-state index contributed by atoms with van der Waals surface area (Å²) in [7, 11) is 1.57. The van der Waals surface area contributed by atoms with Crippen LogP contribution < -0.4 is 9.64 Å². The molecule has 0 N–H and O–H groups in total. The first-order chi connectivity index (χ1) is 15.2. The molecule has 1 fully saturated rings. The maximum atomic E-state index is 13.4. The van der Waals surface area contributed by atoms with Crippen molar-refractivity contribution >= 4 is 28.4 Å². The molecule has 2 amide bonds. The first-order valence-corrected chi connectivity index (χ1v) is 10.3. The maximum absolute atomic E-state index is 13.4. The minimum absolute atomic E-state index is 0.162. The Hall–Kier alpha value is -3.86. The second kappa shape index (κ2) is 7.76. The number of hydrogen-bond donors (Lipinski definition) is 0. The molecule has 154 valence electrons. The molecule has 1 aliphatic heterocycles. The van der Waals surface area contributed by atoms with Crippen molar-refractivity contribution in [1.29, 1.82) is 0 Å². The number of aromatic nitrogens is 1. The molecule has 3 aromatic carbocycles. The van der Waals surface area contributed by atoms with Crippen molar-refractivity contribution in [2.45, 2.75) is 18.9 Å². The van der Waals surface area contributed by atoms with Gasteiger partial charge in [0, 0.05) is 36.1 Å². The van der Waals surface area contributed by atoms with Crippen LogP contribution in [0.3, 0.4) is 0 Å². The lowest BCUT2D eigenvalue weighted by molar-refractivity contribution is -0.121. The number of carbonyl (C=O) groups is 2. The number of ether oxygens (including phenoxy) is 1. The fourth-order valence-corrected chi connectivity index (χ4v) is 4.36. The molecular formula is C26H22N2O3. The molecular weight excluding hydrogens is 388 g/mol. The van der Waals surface area contributed by atoms with E-state index < -0.39 is 5.92 Å². The van der Waals surface area contributed by atoms with Gasteiger partial charge in [-0.15, -0.1) is 0 Å².